The number of hydrogen-bond acceptors (Lipinski definition) is 10. The second-order valence-electron chi connectivity index (χ2n) is 13.3. The minimum atomic E-state index is -1.31. The highest BCUT2D eigenvalue weighted by molar-refractivity contribution is 5.78. The van der Waals surface area contributed by atoms with Crippen molar-refractivity contribution in [2.24, 2.45) is 27.4 Å². The van der Waals surface area contributed by atoms with E-state index < -0.39 is 76.2 Å². The molecule has 1 fully saturated rings. The van der Waals surface area contributed by atoms with Crippen LogP contribution in [-0.2, 0) is 42.9 Å². The van der Waals surface area contributed by atoms with Gasteiger partial charge in [0.25, 0.3) is 0 Å². The molecule has 0 aliphatic carbocycles. The van der Waals surface area contributed by atoms with Gasteiger partial charge in [0.05, 0.1) is 21.7 Å². The number of nitrogens with two attached hydrogens (primary N) is 1. The zero-order valence-corrected chi connectivity index (χ0v) is 23.8. The zero-order valence-electron chi connectivity index (χ0n) is 23.8. The average molecular weight is 516 g/mol. The van der Waals surface area contributed by atoms with Crippen LogP contribution in [0.15, 0.2) is 0 Å². The summed E-state index contributed by atoms with van der Waals surface area (Å²) < 4.78 is 28.5. The molecule has 0 bridgehead atoms. The standard InChI is InChI=1S/C26H45NO9/c1-23(2,3)19(28)32-13-14-15(34-20(29)24(4,5)6)16(35-21(30)25(7,8)9)17(18(27)33-14)36-22(31)26(10,11)12/h14-18H,13,27H2,1-12H3/t14-,15+,16-,17+,18-/m0/s1. The molecular weight excluding hydrogens is 470 g/mol. The van der Waals surface area contributed by atoms with E-state index in [9.17, 15) is 19.2 Å². The van der Waals surface area contributed by atoms with Gasteiger partial charge in [-0.25, -0.2) is 0 Å². The maximum absolute atomic E-state index is 12.9. The van der Waals surface area contributed by atoms with E-state index in [0.717, 1.165) is 0 Å². The Balaban J connectivity index is 3.50. The van der Waals surface area contributed by atoms with Gasteiger partial charge in [-0.1, -0.05) is 0 Å². The normalized spacial score (nSPS) is 25.5. The van der Waals surface area contributed by atoms with Crippen molar-refractivity contribution >= 4 is 23.9 Å². The SMILES string of the molecule is CC(C)(C)C(=O)OC[C@@H]1O[C@H](N)[C@H](OC(=O)C(C)(C)C)[C@@H](OC(=O)C(C)(C)C)[C@@H]1OC(=O)C(C)(C)C. The van der Waals surface area contributed by atoms with Crippen molar-refractivity contribution < 1.29 is 42.9 Å². The predicted octanol–water partition coefficient (Wildman–Crippen LogP) is 3.13. The van der Waals surface area contributed by atoms with Crippen LogP contribution < -0.4 is 5.73 Å². The van der Waals surface area contributed by atoms with Crippen LogP contribution in [0.25, 0.3) is 0 Å². The lowest BCUT2D eigenvalue weighted by Crippen LogP contribution is -2.65. The molecule has 0 aromatic rings. The highest BCUT2D eigenvalue weighted by Crippen LogP contribution is 2.32. The van der Waals surface area contributed by atoms with Crippen LogP contribution >= 0.6 is 0 Å². The molecule has 208 valence electrons. The van der Waals surface area contributed by atoms with Crippen LogP contribution in [0, 0.1) is 21.7 Å². The monoisotopic (exact) mass is 515 g/mol. The Morgan fingerprint density at radius 2 is 0.917 bits per heavy atom. The van der Waals surface area contributed by atoms with E-state index in [-0.39, 0.29) is 6.61 Å². The first-order valence-corrected chi connectivity index (χ1v) is 12.2. The molecule has 0 aromatic heterocycles. The minimum absolute atomic E-state index is 0.324. The Morgan fingerprint density at radius 3 is 1.28 bits per heavy atom. The lowest BCUT2D eigenvalue weighted by Gasteiger charge is -2.45. The molecule has 10 heteroatoms. The molecule has 0 amide bonds. The van der Waals surface area contributed by atoms with Crippen LogP contribution in [0.3, 0.4) is 0 Å². The van der Waals surface area contributed by atoms with Gasteiger partial charge in [0.1, 0.15) is 18.9 Å². The average Bonchev–Trinajstić information content (AvgIpc) is 2.67. The van der Waals surface area contributed by atoms with Crippen LogP contribution in [-0.4, -0.2) is 61.1 Å². The third-order valence-corrected chi connectivity index (χ3v) is 5.23. The van der Waals surface area contributed by atoms with E-state index in [2.05, 4.69) is 0 Å². The largest absolute Gasteiger partial charge is 0.462 e. The van der Waals surface area contributed by atoms with E-state index in [1.54, 1.807) is 83.1 Å². The number of esters is 4. The molecule has 0 radical (unpaired) electrons. The van der Waals surface area contributed by atoms with Crippen LogP contribution in [0.2, 0.25) is 0 Å². The lowest BCUT2D eigenvalue weighted by atomic mass is 9.92. The minimum Gasteiger partial charge on any atom is -0.462 e. The summed E-state index contributed by atoms with van der Waals surface area (Å²) in [6.45, 7) is 19.7. The van der Waals surface area contributed by atoms with Gasteiger partial charge in [-0.05, 0) is 83.1 Å². The lowest BCUT2D eigenvalue weighted by molar-refractivity contribution is -0.259. The van der Waals surface area contributed by atoms with Crippen molar-refractivity contribution in [2.75, 3.05) is 6.61 Å². The maximum Gasteiger partial charge on any atom is 0.311 e. The molecule has 0 aromatic carbocycles. The fourth-order valence-corrected chi connectivity index (χ4v) is 2.76. The quantitative estimate of drug-likeness (QED) is 0.429. The molecule has 36 heavy (non-hydrogen) atoms. The molecule has 1 aliphatic rings. The summed E-state index contributed by atoms with van der Waals surface area (Å²) in [5.41, 5.74) is 2.71. The maximum atomic E-state index is 12.9. The van der Waals surface area contributed by atoms with E-state index in [1.807, 2.05) is 0 Å². The Labute approximate surface area is 214 Å². The van der Waals surface area contributed by atoms with Gasteiger partial charge in [0.15, 0.2) is 18.3 Å². The summed E-state index contributed by atoms with van der Waals surface area (Å²) in [5.74, 6) is -2.36. The second kappa shape index (κ2) is 11.0. The van der Waals surface area contributed by atoms with Crippen molar-refractivity contribution in [2.45, 2.75) is 114 Å². The summed E-state index contributed by atoms with van der Waals surface area (Å²) in [5, 5.41) is 0. The highest BCUT2D eigenvalue weighted by atomic mass is 16.7. The fraction of sp³-hybridized carbons (Fsp3) is 0.846. The van der Waals surface area contributed by atoms with Crippen molar-refractivity contribution in [3.63, 3.8) is 0 Å². The summed E-state index contributed by atoms with van der Waals surface area (Å²) >= 11 is 0. The van der Waals surface area contributed by atoms with E-state index >= 15 is 0 Å². The Kier molecular flexibility index (Phi) is 9.77. The number of hydrogen-bond donors (Lipinski definition) is 1. The van der Waals surface area contributed by atoms with Crippen molar-refractivity contribution in [3.05, 3.63) is 0 Å². The number of carbonyl (C=O) groups is 4. The van der Waals surface area contributed by atoms with Gasteiger partial charge < -0.3 is 29.4 Å². The first-order chi connectivity index (χ1) is 16.0. The number of ether oxygens (including phenoxy) is 5. The van der Waals surface area contributed by atoms with Crippen LogP contribution in [0.1, 0.15) is 83.1 Å². The Bertz CT molecular complexity index is 824. The van der Waals surface area contributed by atoms with E-state index in [0.29, 0.717) is 0 Å². The molecule has 0 unspecified atom stereocenters. The van der Waals surface area contributed by atoms with Crippen LogP contribution in [0.4, 0.5) is 0 Å². The topological polar surface area (TPSA) is 140 Å². The third-order valence-electron chi connectivity index (χ3n) is 5.23. The van der Waals surface area contributed by atoms with Gasteiger partial charge in [-0.3, -0.25) is 19.2 Å². The molecule has 2 N–H and O–H groups in total. The molecule has 10 nitrogen and oxygen atoms in total. The predicted molar refractivity (Wildman–Crippen MR) is 131 cm³/mol. The van der Waals surface area contributed by atoms with Crippen LogP contribution in [0.5, 0.6) is 0 Å². The third kappa shape index (κ3) is 8.73. The first-order valence-electron chi connectivity index (χ1n) is 12.2. The molecule has 1 rings (SSSR count). The van der Waals surface area contributed by atoms with Gasteiger partial charge >= 0.3 is 23.9 Å². The summed E-state index contributed by atoms with van der Waals surface area (Å²) in [7, 11) is 0. The molecule has 5 atom stereocenters. The summed E-state index contributed by atoms with van der Waals surface area (Å²) in [6, 6.07) is 0. The molecular formula is C26H45NO9. The molecule has 1 heterocycles. The van der Waals surface area contributed by atoms with E-state index in [1.165, 1.54) is 0 Å². The summed E-state index contributed by atoms with van der Waals surface area (Å²) in [6.07, 6.45) is -6.20. The second-order valence-corrected chi connectivity index (χ2v) is 13.3. The fourth-order valence-electron chi connectivity index (χ4n) is 2.76. The van der Waals surface area contributed by atoms with Gasteiger partial charge in [0, 0.05) is 0 Å². The smallest absolute Gasteiger partial charge is 0.311 e. The highest BCUT2D eigenvalue weighted by Gasteiger charge is 2.53. The number of rotatable bonds is 5. The van der Waals surface area contributed by atoms with Crippen molar-refractivity contribution in [3.8, 4) is 0 Å². The molecule has 1 aliphatic heterocycles. The van der Waals surface area contributed by atoms with Gasteiger partial charge in [-0.2, -0.15) is 0 Å². The Morgan fingerprint density at radius 1 is 0.583 bits per heavy atom. The zero-order chi connectivity index (χ0) is 28.4. The van der Waals surface area contributed by atoms with E-state index in [4.69, 9.17) is 29.4 Å². The number of carbonyl (C=O) groups excluding carboxylic acids is 4. The Hall–Kier alpha value is -2.20. The first kappa shape index (κ1) is 31.8. The molecule has 1 saturated heterocycles. The van der Waals surface area contributed by atoms with Gasteiger partial charge in [0.2, 0.25) is 0 Å². The molecule has 0 saturated carbocycles. The van der Waals surface area contributed by atoms with Crippen molar-refractivity contribution in [1.82, 2.24) is 0 Å². The summed E-state index contributed by atoms with van der Waals surface area (Å²) in [4.78, 5) is 51.0. The van der Waals surface area contributed by atoms with Crippen molar-refractivity contribution in [1.29, 1.82) is 0 Å². The van der Waals surface area contributed by atoms with Gasteiger partial charge in [-0.15, -0.1) is 0 Å². The molecule has 0 spiro atoms.